The van der Waals surface area contributed by atoms with Gasteiger partial charge in [0.05, 0.1) is 11.3 Å². The molecule has 0 saturated carbocycles. The van der Waals surface area contributed by atoms with E-state index in [4.69, 9.17) is 5.11 Å². The minimum Gasteiger partial charge on any atom is -0.481 e. The van der Waals surface area contributed by atoms with E-state index in [2.05, 4.69) is 18.8 Å². The highest BCUT2D eigenvalue weighted by atomic mass is 32.2. The lowest BCUT2D eigenvalue weighted by atomic mass is 10.2. The number of halogens is 1. The molecule has 0 aliphatic carbocycles. The average Bonchev–Trinajstić information content (AvgIpc) is 2.66. The SMILES string of the molecule is CC(C)Cn1c(SCC(=O)O)nc2c(F)cccc21. The molecule has 102 valence electrons. The maximum atomic E-state index is 13.7. The average molecular weight is 282 g/mol. The Morgan fingerprint density at radius 1 is 1.53 bits per heavy atom. The number of aliphatic carboxylic acids is 1. The molecule has 0 saturated heterocycles. The van der Waals surface area contributed by atoms with Crippen molar-refractivity contribution in [2.45, 2.75) is 25.5 Å². The van der Waals surface area contributed by atoms with Crippen LogP contribution in [0.4, 0.5) is 4.39 Å². The molecule has 19 heavy (non-hydrogen) atoms. The number of carboxylic acids is 1. The van der Waals surface area contributed by atoms with Gasteiger partial charge in [-0.1, -0.05) is 31.7 Å². The molecule has 2 aromatic rings. The van der Waals surface area contributed by atoms with Gasteiger partial charge in [-0.05, 0) is 18.1 Å². The predicted octanol–water partition coefficient (Wildman–Crippen LogP) is 3.01. The van der Waals surface area contributed by atoms with Gasteiger partial charge in [0, 0.05) is 6.54 Å². The van der Waals surface area contributed by atoms with Crippen LogP contribution in [0.3, 0.4) is 0 Å². The molecule has 0 radical (unpaired) electrons. The van der Waals surface area contributed by atoms with Crippen molar-refractivity contribution in [1.29, 1.82) is 0 Å². The molecule has 0 bridgehead atoms. The lowest BCUT2D eigenvalue weighted by Gasteiger charge is -2.10. The Balaban J connectivity index is 2.47. The van der Waals surface area contributed by atoms with Crippen molar-refractivity contribution in [2.75, 3.05) is 5.75 Å². The Morgan fingerprint density at radius 3 is 2.89 bits per heavy atom. The van der Waals surface area contributed by atoms with Crippen LogP contribution >= 0.6 is 11.8 Å². The van der Waals surface area contributed by atoms with Crippen LogP contribution in [0.5, 0.6) is 0 Å². The third kappa shape index (κ3) is 3.07. The monoisotopic (exact) mass is 282 g/mol. The van der Waals surface area contributed by atoms with Crippen molar-refractivity contribution in [3.63, 3.8) is 0 Å². The van der Waals surface area contributed by atoms with Crippen LogP contribution in [0.15, 0.2) is 23.4 Å². The van der Waals surface area contributed by atoms with Crippen molar-refractivity contribution in [3.8, 4) is 0 Å². The molecule has 0 spiro atoms. The topological polar surface area (TPSA) is 55.1 Å². The molecule has 0 unspecified atom stereocenters. The Bertz CT molecular complexity index is 610. The fourth-order valence-corrected chi connectivity index (χ4v) is 2.61. The first-order valence-corrected chi connectivity index (χ1v) is 6.97. The molecule has 0 aliphatic heterocycles. The van der Waals surface area contributed by atoms with Gasteiger partial charge in [-0.3, -0.25) is 4.79 Å². The second-order valence-corrected chi connectivity index (χ2v) is 5.63. The number of aromatic nitrogens is 2. The lowest BCUT2D eigenvalue weighted by molar-refractivity contribution is -0.133. The van der Waals surface area contributed by atoms with Crippen molar-refractivity contribution < 1.29 is 14.3 Å². The number of nitrogens with zero attached hydrogens (tertiary/aromatic N) is 2. The Morgan fingerprint density at radius 2 is 2.26 bits per heavy atom. The maximum absolute atomic E-state index is 13.7. The minimum atomic E-state index is -0.909. The highest BCUT2D eigenvalue weighted by Gasteiger charge is 2.15. The number of hydrogen-bond acceptors (Lipinski definition) is 3. The van der Waals surface area contributed by atoms with E-state index in [0.29, 0.717) is 28.7 Å². The highest BCUT2D eigenvalue weighted by Crippen LogP contribution is 2.26. The van der Waals surface area contributed by atoms with Gasteiger partial charge in [0.25, 0.3) is 0 Å². The van der Waals surface area contributed by atoms with E-state index in [-0.39, 0.29) is 11.6 Å². The first-order valence-electron chi connectivity index (χ1n) is 5.98. The summed E-state index contributed by atoms with van der Waals surface area (Å²) in [5, 5.41) is 9.30. The molecule has 1 aromatic carbocycles. The summed E-state index contributed by atoms with van der Waals surface area (Å²) in [6, 6.07) is 4.81. The normalized spacial score (nSPS) is 11.4. The Kier molecular flexibility index (Phi) is 4.09. The Labute approximate surface area is 114 Å². The van der Waals surface area contributed by atoms with Crippen LogP contribution < -0.4 is 0 Å². The summed E-state index contributed by atoms with van der Waals surface area (Å²) >= 11 is 1.12. The third-order valence-corrected chi connectivity index (χ3v) is 3.53. The summed E-state index contributed by atoms with van der Waals surface area (Å²) in [6.45, 7) is 4.79. The predicted molar refractivity (Wildman–Crippen MR) is 72.9 cm³/mol. The molecule has 1 heterocycles. The molecular weight excluding hydrogens is 267 g/mol. The summed E-state index contributed by atoms with van der Waals surface area (Å²) in [5.41, 5.74) is 1.01. The van der Waals surface area contributed by atoms with Crippen molar-refractivity contribution in [2.24, 2.45) is 5.92 Å². The first-order chi connectivity index (χ1) is 8.99. The number of hydrogen-bond donors (Lipinski definition) is 1. The highest BCUT2D eigenvalue weighted by molar-refractivity contribution is 7.99. The fourth-order valence-electron chi connectivity index (χ4n) is 1.87. The molecular formula is C13H15FN2O2S. The summed E-state index contributed by atoms with van der Waals surface area (Å²) in [4.78, 5) is 14.9. The van der Waals surface area contributed by atoms with Gasteiger partial charge in [0.2, 0.25) is 0 Å². The summed E-state index contributed by atoms with van der Waals surface area (Å²) in [7, 11) is 0. The molecule has 2 rings (SSSR count). The van der Waals surface area contributed by atoms with Crippen LogP contribution in [0.1, 0.15) is 13.8 Å². The van der Waals surface area contributed by atoms with Crippen LogP contribution in [-0.4, -0.2) is 26.4 Å². The zero-order valence-electron chi connectivity index (χ0n) is 10.8. The van der Waals surface area contributed by atoms with Crippen molar-refractivity contribution in [3.05, 3.63) is 24.0 Å². The summed E-state index contributed by atoms with van der Waals surface area (Å²) in [6.07, 6.45) is 0. The van der Waals surface area contributed by atoms with Gasteiger partial charge in [-0.25, -0.2) is 9.37 Å². The maximum Gasteiger partial charge on any atom is 0.313 e. The molecule has 0 amide bonds. The van der Waals surface area contributed by atoms with E-state index >= 15 is 0 Å². The molecule has 1 N–H and O–H groups in total. The zero-order valence-corrected chi connectivity index (χ0v) is 11.6. The molecule has 4 nitrogen and oxygen atoms in total. The molecule has 6 heteroatoms. The van der Waals surface area contributed by atoms with Gasteiger partial charge >= 0.3 is 5.97 Å². The molecule has 0 aliphatic rings. The third-order valence-electron chi connectivity index (χ3n) is 2.57. The zero-order chi connectivity index (χ0) is 14.0. The standard InChI is InChI=1S/C13H15FN2O2S/c1-8(2)6-16-10-5-3-4-9(14)12(10)15-13(16)19-7-11(17)18/h3-5,8H,6-7H2,1-2H3,(H,17,18). The number of para-hydroxylation sites is 1. The van der Waals surface area contributed by atoms with E-state index in [9.17, 15) is 9.18 Å². The number of thioether (sulfide) groups is 1. The molecule has 1 aromatic heterocycles. The molecule has 0 fully saturated rings. The number of fused-ring (bicyclic) bond motifs is 1. The summed E-state index contributed by atoms with van der Waals surface area (Å²) in [5.74, 6) is -1.00. The van der Waals surface area contributed by atoms with Gasteiger partial charge in [0.15, 0.2) is 11.0 Å². The van der Waals surface area contributed by atoms with E-state index in [0.717, 1.165) is 11.8 Å². The number of rotatable bonds is 5. The van der Waals surface area contributed by atoms with Crippen LogP contribution in [0.25, 0.3) is 11.0 Å². The van der Waals surface area contributed by atoms with Gasteiger partial charge in [-0.15, -0.1) is 0 Å². The Hall–Kier alpha value is -1.56. The molecule has 0 atom stereocenters. The first kappa shape index (κ1) is 13.9. The second-order valence-electron chi connectivity index (χ2n) is 4.69. The van der Waals surface area contributed by atoms with Gasteiger partial charge in [-0.2, -0.15) is 0 Å². The van der Waals surface area contributed by atoms with E-state index in [1.165, 1.54) is 6.07 Å². The van der Waals surface area contributed by atoms with E-state index < -0.39 is 5.97 Å². The van der Waals surface area contributed by atoms with E-state index in [1.54, 1.807) is 12.1 Å². The van der Waals surface area contributed by atoms with Crippen molar-refractivity contribution in [1.82, 2.24) is 9.55 Å². The summed E-state index contributed by atoms with van der Waals surface area (Å²) < 4.78 is 15.6. The van der Waals surface area contributed by atoms with Gasteiger partial charge in [0.1, 0.15) is 5.52 Å². The number of carbonyl (C=O) groups is 1. The van der Waals surface area contributed by atoms with Crippen LogP contribution in [0.2, 0.25) is 0 Å². The van der Waals surface area contributed by atoms with Crippen molar-refractivity contribution >= 4 is 28.8 Å². The lowest BCUT2D eigenvalue weighted by Crippen LogP contribution is -2.07. The number of carboxylic acid groups (broad SMARTS) is 1. The minimum absolute atomic E-state index is 0.0803. The van der Waals surface area contributed by atoms with Gasteiger partial charge < -0.3 is 9.67 Å². The van der Waals surface area contributed by atoms with Crippen LogP contribution in [0, 0.1) is 11.7 Å². The van der Waals surface area contributed by atoms with E-state index in [1.807, 2.05) is 4.57 Å². The number of imidazole rings is 1. The largest absolute Gasteiger partial charge is 0.481 e. The smallest absolute Gasteiger partial charge is 0.313 e. The van der Waals surface area contributed by atoms with Crippen LogP contribution in [-0.2, 0) is 11.3 Å². The fraction of sp³-hybridized carbons (Fsp3) is 0.385. The number of benzene rings is 1. The quantitative estimate of drug-likeness (QED) is 0.856. The second kappa shape index (κ2) is 5.61.